The van der Waals surface area contributed by atoms with Gasteiger partial charge in [0.1, 0.15) is 0 Å². The third kappa shape index (κ3) is 4.64. The van der Waals surface area contributed by atoms with Crippen LogP contribution in [0.15, 0.2) is 9.85 Å². The molecule has 0 aromatic carbocycles. The van der Waals surface area contributed by atoms with E-state index in [9.17, 15) is 0 Å². The Morgan fingerprint density at radius 1 is 1.60 bits per heavy atom. The van der Waals surface area contributed by atoms with E-state index in [1.807, 2.05) is 0 Å². The number of hydrogen-bond acceptors (Lipinski definition) is 3. The number of thiophene rings is 1. The van der Waals surface area contributed by atoms with Crippen LogP contribution in [0.25, 0.3) is 0 Å². The third-order valence-corrected chi connectivity index (χ3v) is 4.46. The number of halogens is 1. The molecule has 2 nitrogen and oxygen atoms in total. The van der Waals surface area contributed by atoms with Gasteiger partial charge in [0.25, 0.3) is 0 Å². The predicted octanol–water partition coefficient (Wildman–Crippen LogP) is 2.93. The zero-order valence-corrected chi connectivity index (χ0v) is 11.6. The van der Waals surface area contributed by atoms with Crippen LogP contribution in [0.2, 0.25) is 0 Å². The Kier molecular flexibility index (Phi) is 5.82. The molecule has 1 aromatic rings. The van der Waals surface area contributed by atoms with Gasteiger partial charge in [-0.05, 0) is 53.4 Å². The van der Waals surface area contributed by atoms with E-state index < -0.39 is 0 Å². The normalized spacial score (nSPS) is 13.1. The van der Waals surface area contributed by atoms with Crippen molar-refractivity contribution in [3.63, 3.8) is 0 Å². The van der Waals surface area contributed by atoms with Crippen LogP contribution in [0.5, 0.6) is 0 Å². The lowest BCUT2D eigenvalue weighted by molar-refractivity contribution is 0.260. The molecule has 0 aliphatic heterocycles. The van der Waals surface area contributed by atoms with Gasteiger partial charge >= 0.3 is 0 Å². The lowest BCUT2D eigenvalue weighted by atomic mass is 10.1. The van der Waals surface area contributed by atoms with Crippen molar-refractivity contribution in [1.29, 1.82) is 0 Å². The first-order valence-electron chi connectivity index (χ1n) is 5.20. The molecule has 0 saturated heterocycles. The summed E-state index contributed by atoms with van der Waals surface area (Å²) >= 11 is 5.30. The first-order chi connectivity index (χ1) is 7.13. The molecule has 0 fully saturated rings. The molecule has 2 N–H and O–H groups in total. The highest BCUT2D eigenvalue weighted by Gasteiger charge is 2.04. The van der Waals surface area contributed by atoms with Crippen molar-refractivity contribution >= 4 is 27.3 Å². The van der Waals surface area contributed by atoms with Crippen molar-refractivity contribution in [1.82, 2.24) is 5.32 Å². The average Bonchev–Trinajstić information content (AvgIpc) is 2.46. The molecular weight excluding hydrogens is 274 g/mol. The second-order valence-corrected chi connectivity index (χ2v) is 6.37. The van der Waals surface area contributed by atoms with E-state index in [4.69, 9.17) is 5.11 Å². The summed E-state index contributed by atoms with van der Waals surface area (Å²) < 4.78 is 1.22. The van der Waals surface area contributed by atoms with Crippen molar-refractivity contribution in [2.75, 3.05) is 13.2 Å². The van der Waals surface area contributed by atoms with Gasteiger partial charge in [0.05, 0.1) is 3.79 Å². The van der Waals surface area contributed by atoms with Gasteiger partial charge in [0.2, 0.25) is 0 Å². The van der Waals surface area contributed by atoms with Gasteiger partial charge in [-0.15, -0.1) is 11.3 Å². The minimum absolute atomic E-state index is 0.284. The Morgan fingerprint density at radius 3 is 2.87 bits per heavy atom. The molecule has 1 aromatic heterocycles. The monoisotopic (exact) mass is 291 g/mol. The molecule has 1 heterocycles. The summed E-state index contributed by atoms with van der Waals surface area (Å²) in [4.78, 5) is 1.36. The zero-order chi connectivity index (χ0) is 11.3. The zero-order valence-electron chi connectivity index (χ0n) is 9.22. The SMILES string of the molecule is Cc1cc(CNCC(C)CCO)sc1Br. The van der Waals surface area contributed by atoms with Gasteiger partial charge in [0, 0.05) is 18.0 Å². The Balaban J connectivity index is 2.25. The van der Waals surface area contributed by atoms with Crippen molar-refractivity contribution in [3.8, 4) is 0 Å². The highest BCUT2D eigenvalue weighted by Crippen LogP contribution is 2.27. The van der Waals surface area contributed by atoms with Crippen LogP contribution in [-0.2, 0) is 6.54 Å². The fourth-order valence-corrected chi connectivity index (χ4v) is 2.97. The smallest absolute Gasteiger partial charge is 0.0730 e. The maximum atomic E-state index is 8.76. The Hall–Kier alpha value is 0.100. The summed E-state index contributed by atoms with van der Waals surface area (Å²) in [5.41, 5.74) is 1.31. The largest absolute Gasteiger partial charge is 0.396 e. The molecule has 86 valence electrons. The van der Waals surface area contributed by atoms with Crippen LogP contribution < -0.4 is 5.32 Å². The van der Waals surface area contributed by atoms with Gasteiger partial charge in [0.15, 0.2) is 0 Å². The van der Waals surface area contributed by atoms with Crippen LogP contribution in [0.4, 0.5) is 0 Å². The van der Waals surface area contributed by atoms with Gasteiger partial charge in [-0.3, -0.25) is 0 Å². The minimum atomic E-state index is 0.284. The first kappa shape index (κ1) is 13.2. The lowest BCUT2D eigenvalue weighted by Gasteiger charge is -2.09. The van der Waals surface area contributed by atoms with E-state index >= 15 is 0 Å². The molecule has 1 unspecified atom stereocenters. The second-order valence-electron chi connectivity index (χ2n) is 3.92. The number of aliphatic hydroxyl groups is 1. The number of aryl methyl sites for hydroxylation is 1. The van der Waals surface area contributed by atoms with E-state index in [2.05, 4.69) is 41.2 Å². The molecule has 0 aliphatic carbocycles. The van der Waals surface area contributed by atoms with Gasteiger partial charge in [-0.25, -0.2) is 0 Å². The predicted molar refractivity (Wildman–Crippen MR) is 69.3 cm³/mol. The van der Waals surface area contributed by atoms with E-state index in [-0.39, 0.29) is 6.61 Å². The number of nitrogens with one attached hydrogen (secondary N) is 1. The topological polar surface area (TPSA) is 32.3 Å². The Morgan fingerprint density at radius 2 is 2.33 bits per heavy atom. The van der Waals surface area contributed by atoms with Crippen LogP contribution >= 0.6 is 27.3 Å². The van der Waals surface area contributed by atoms with E-state index in [0.29, 0.717) is 5.92 Å². The molecular formula is C11H18BrNOS. The second kappa shape index (κ2) is 6.63. The van der Waals surface area contributed by atoms with Crippen LogP contribution in [-0.4, -0.2) is 18.3 Å². The summed E-state index contributed by atoms with van der Waals surface area (Å²) in [5, 5.41) is 12.2. The van der Waals surface area contributed by atoms with Crippen molar-refractivity contribution in [2.45, 2.75) is 26.8 Å². The van der Waals surface area contributed by atoms with Crippen LogP contribution in [0, 0.1) is 12.8 Å². The molecule has 0 amide bonds. The quantitative estimate of drug-likeness (QED) is 0.845. The average molecular weight is 292 g/mol. The van der Waals surface area contributed by atoms with Crippen molar-refractivity contribution < 1.29 is 5.11 Å². The van der Waals surface area contributed by atoms with Gasteiger partial charge in [-0.1, -0.05) is 6.92 Å². The Bertz CT molecular complexity index is 281. The fraction of sp³-hybridized carbons (Fsp3) is 0.636. The van der Waals surface area contributed by atoms with E-state index in [0.717, 1.165) is 19.5 Å². The van der Waals surface area contributed by atoms with Gasteiger partial charge < -0.3 is 10.4 Å². The lowest BCUT2D eigenvalue weighted by Crippen LogP contribution is -2.20. The summed E-state index contributed by atoms with van der Waals surface area (Å²) in [7, 11) is 0. The molecule has 0 aliphatic rings. The summed E-state index contributed by atoms with van der Waals surface area (Å²) in [6.45, 7) is 6.44. The molecule has 4 heteroatoms. The summed E-state index contributed by atoms with van der Waals surface area (Å²) in [6, 6.07) is 2.21. The summed E-state index contributed by atoms with van der Waals surface area (Å²) in [6.07, 6.45) is 0.875. The van der Waals surface area contributed by atoms with Gasteiger partial charge in [-0.2, -0.15) is 0 Å². The number of rotatable bonds is 6. The third-order valence-electron chi connectivity index (χ3n) is 2.32. The molecule has 0 bridgehead atoms. The minimum Gasteiger partial charge on any atom is -0.396 e. The molecule has 0 radical (unpaired) electrons. The van der Waals surface area contributed by atoms with E-state index in [1.165, 1.54) is 14.2 Å². The van der Waals surface area contributed by atoms with Crippen LogP contribution in [0.3, 0.4) is 0 Å². The summed E-state index contributed by atoms with van der Waals surface area (Å²) in [5.74, 6) is 0.541. The molecule has 1 atom stereocenters. The van der Waals surface area contributed by atoms with Crippen molar-refractivity contribution in [3.05, 3.63) is 20.3 Å². The number of hydrogen-bond donors (Lipinski definition) is 2. The van der Waals surface area contributed by atoms with Crippen molar-refractivity contribution in [2.24, 2.45) is 5.92 Å². The molecule has 0 spiro atoms. The molecule has 1 rings (SSSR count). The first-order valence-corrected chi connectivity index (χ1v) is 6.80. The maximum Gasteiger partial charge on any atom is 0.0730 e. The maximum absolute atomic E-state index is 8.76. The van der Waals surface area contributed by atoms with E-state index in [1.54, 1.807) is 11.3 Å². The highest BCUT2D eigenvalue weighted by molar-refractivity contribution is 9.11. The number of aliphatic hydroxyl groups excluding tert-OH is 1. The standard InChI is InChI=1S/C11H18BrNOS/c1-8(3-4-14)6-13-7-10-5-9(2)11(12)15-10/h5,8,13-14H,3-4,6-7H2,1-2H3. The Labute approximate surface area is 104 Å². The highest BCUT2D eigenvalue weighted by atomic mass is 79.9. The molecule has 0 saturated carbocycles. The van der Waals surface area contributed by atoms with Crippen LogP contribution in [0.1, 0.15) is 23.8 Å². The molecule has 15 heavy (non-hydrogen) atoms. The fourth-order valence-electron chi connectivity index (χ4n) is 1.37.